The number of fused-ring (bicyclic) bond motifs is 1. The largest absolute Gasteiger partial charge is 0.0622 e. The van der Waals surface area contributed by atoms with E-state index in [1.54, 1.807) is 0 Å². The summed E-state index contributed by atoms with van der Waals surface area (Å²) in [5.74, 6) is 0. The lowest BCUT2D eigenvalue weighted by Crippen LogP contribution is -1.88. The quantitative estimate of drug-likeness (QED) is 0.397. The Morgan fingerprint density at radius 3 is 1.83 bits per heavy atom. The highest BCUT2D eigenvalue weighted by Gasteiger charge is 2.10. The Morgan fingerprint density at radius 1 is 0.478 bits per heavy atom. The zero-order valence-corrected chi connectivity index (χ0v) is 13.2. The van der Waals surface area contributed by atoms with E-state index in [0.717, 1.165) is 0 Å². The molecule has 110 valence electrons. The molecular weight excluding hydrogens is 276 g/mol. The van der Waals surface area contributed by atoms with Crippen molar-refractivity contribution < 1.29 is 0 Å². The summed E-state index contributed by atoms with van der Waals surface area (Å²) in [5.41, 5.74) is 6.48. The van der Waals surface area contributed by atoms with Crippen molar-refractivity contribution in [1.82, 2.24) is 0 Å². The van der Waals surface area contributed by atoms with Gasteiger partial charge in [-0.25, -0.2) is 0 Å². The number of benzene rings is 4. The first-order chi connectivity index (χ1) is 11.3. The lowest BCUT2D eigenvalue weighted by atomic mass is 9.90. The van der Waals surface area contributed by atoms with Crippen LogP contribution >= 0.6 is 0 Å². The van der Waals surface area contributed by atoms with E-state index in [1.807, 2.05) is 0 Å². The summed E-state index contributed by atoms with van der Waals surface area (Å²) in [6.07, 6.45) is 0. The van der Waals surface area contributed by atoms with Crippen LogP contribution in [-0.4, -0.2) is 0 Å². The van der Waals surface area contributed by atoms with Crippen LogP contribution in [0.3, 0.4) is 0 Å². The van der Waals surface area contributed by atoms with E-state index < -0.39 is 0 Å². The molecule has 0 heteroatoms. The van der Waals surface area contributed by atoms with Crippen molar-refractivity contribution >= 4 is 10.8 Å². The molecule has 0 saturated heterocycles. The lowest BCUT2D eigenvalue weighted by molar-refractivity contribution is 1.49. The summed E-state index contributed by atoms with van der Waals surface area (Å²) in [5, 5.41) is 2.63. The van der Waals surface area contributed by atoms with Crippen LogP contribution in [0.5, 0.6) is 0 Å². The molecule has 23 heavy (non-hydrogen) atoms. The zero-order chi connectivity index (χ0) is 15.6. The minimum Gasteiger partial charge on any atom is -0.0622 e. The van der Waals surface area contributed by atoms with E-state index in [9.17, 15) is 0 Å². The maximum atomic E-state index is 2.25. The van der Waals surface area contributed by atoms with Crippen LogP contribution in [0.1, 0.15) is 5.56 Å². The predicted molar refractivity (Wildman–Crippen MR) is 99.6 cm³/mol. The van der Waals surface area contributed by atoms with Gasteiger partial charge in [0.05, 0.1) is 0 Å². The number of rotatable bonds is 2. The fourth-order valence-electron chi connectivity index (χ4n) is 3.32. The summed E-state index contributed by atoms with van der Waals surface area (Å²) in [6.45, 7) is 2.19. The second-order valence-electron chi connectivity index (χ2n) is 5.89. The van der Waals surface area contributed by atoms with Crippen LogP contribution in [0.4, 0.5) is 0 Å². The summed E-state index contributed by atoms with van der Waals surface area (Å²) in [6, 6.07) is 32.4. The average molecular weight is 294 g/mol. The highest BCUT2D eigenvalue weighted by molar-refractivity contribution is 6.05. The third-order valence-corrected chi connectivity index (χ3v) is 4.42. The summed E-state index contributed by atoms with van der Waals surface area (Å²) in [7, 11) is 0. The third-order valence-electron chi connectivity index (χ3n) is 4.42. The Bertz CT molecular complexity index is 951. The van der Waals surface area contributed by atoms with Gasteiger partial charge in [-0.3, -0.25) is 0 Å². The molecule has 0 radical (unpaired) electrons. The molecule has 4 rings (SSSR count). The third kappa shape index (κ3) is 2.43. The number of hydrogen-bond acceptors (Lipinski definition) is 0. The van der Waals surface area contributed by atoms with Crippen molar-refractivity contribution in [2.24, 2.45) is 0 Å². The zero-order valence-electron chi connectivity index (χ0n) is 13.2. The standard InChI is InChI=1S/C23H18/c1-17-15-16-21-20(18-9-4-2-5-10-18)13-8-14-22(21)23(17)19-11-6-3-7-12-19/h2-16H,1H3. The SMILES string of the molecule is Cc1ccc2c(-c3ccccc3)cccc2c1-c1ccccc1. The van der Waals surface area contributed by atoms with Crippen LogP contribution in [0, 0.1) is 6.92 Å². The maximum Gasteiger partial charge on any atom is -0.00759 e. The Labute approximate surface area is 137 Å². The van der Waals surface area contributed by atoms with Crippen molar-refractivity contribution in [3.63, 3.8) is 0 Å². The summed E-state index contributed by atoms with van der Waals surface area (Å²) >= 11 is 0. The molecule has 0 heterocycles. The smallest absolute Gasteiger partial charge is 0.00759 e. The van der Waals surface area contributed by atoms with E-state index in [0.29, 0.717) is 0 Å². The molecule has 0 saturated carbocycles. The van der Waals surface area contributed by atoms with Gasteiger partial charge in [0.25, 0.3) is 0 Å². The molecule has 0 fully saturated rings. The Morgan fingerprint density at radius 2 is 1.13 bits per heavy atom. The van der Waals surface area contributed by atoms with E-state index in [-0.39, 0.29) is 0 Å². The van der Waals surface area contributed by atoms with E-state index in [4.69, 9.17) is 0 Å². The minimum atomic E-state index is 1.26. The monoisotopic (exact) mass is 294 g/mol. The molecule has 0 aliphatic carbocycles. The van der Waals surface area contributed by atoms with Crippen LogP contribution in [0.15, 0.2) is 91.0 Å². The summed E-state index contributed by atoms with van der Waals surface area (Å²) in [4.78, 5) is 0. The fraction of sp³-hybridized carbons (Fsp3) is 0.0435. The normalized spacial score (nSPS) is 10.8. The van der Waals surface area contributed by atoms with Gasteiger partial charge < -0.3 is 0 Å². The van der Waals surface area contributed by atoms with E-state index in [2.05, 4.69) is 97.9 Å². The molecular formula is C23H18. The Kier molecular flexibility index (Phi) is 3.44. The van der Waals surface area contributed by atoms with Gasteiger partial charge in [0, 0.05) is 0 Å². The molecule has 4 aromatic rings. The fourth-order valence-corrected chi connectivity index (χ4v) is 3.32. The van der Waals surface area contributed by atoms with Gasteiger partial charge in [0.2, 0.25) is 0 Å². The maximum absolute atomic E-state index is 2.25. The van der Waals surface area contributed by atoms with Crippen molar-refractivity contribution in [2.45, 2.75) is 6.92 Å². The van der Waals surface area contributed by atoms with Gasteiger partial charge in [0.15, 0.2) is 0 Å². The predicted octanol–water partition coefficient (Wildman–Crippen LogP) is 6.48. The van der Waals surface area contributed by atoms with Crippen molar-refractivity contribution in [1.29, 1.82) is 0 Å². The first kappa shape index (κ1) is 13.8. The highest BCUT2D eigenvalue weighted by Crippen LogP contribution is 2.36. The molecule has 0 atom stereocenters. The molecule has 0 aromatic heterocycles. The molecule has 0 nitrogen and oxygen atoms in total. The molecule has 0 unspecified atom stereocenters. The first-order valence-corrected chi connectivity index (χ1v) is 7.98. The summed E-state index contributed by atoms with van der Waals surface area (Å²) < 4.78 is 0. The molecule has 4 aromatic carbocycles. The lowest BCUT2D eigenvalue weighted by Gasteiger charge is -2.14. The molecule has 0 amide bonds. The van der Waals surface area contributed by atoms with E-state index >= 15 is 0 Å². The van der Waals surface area contributed by atoms with Crippen molar-refractivity contribution in [3.8, 4) is 22.3 Å². The minimum absolute atomic E-state index is 1.26. The molecule has 0 aliphatic rings. The second kappa shape index (κ2) is 5.73. The van der Waals surface area contributed by atoms with Gasteiger partial charge in [-0.1, -0.05) is 91.0 Å². The van der Waals surface area contributed by atoms with Gasteiger partial charge in [-0.2, -0.15) is 0 Å². The van der Waals surface area contributed by atoms with Crippen LogP contribution in [0.2, 0.25) is 0 Å². The molecule has 0 spiro atoms. The Balaban J connectivity index is 2.05. The van der Waals surface area contributed by atoms with Crippen LogP contribution in [-0.2, 0) is 0 Å². The van der Waals surface area contributed by atoms with Gasteiger partial charge in [-0.05, 0) is 45.5 Å². The highest BCUT2D eigenvalue weighted by atomic mass is 14.1. The average Bonchev–Trinajstić information content (AvgIpc) is 2.62. The van der Waals surface area contributed by atoms with Gasteiger partial charge >= 0.3 is 0 Å². The van der Waals surface area contributed by atoms with Crippen molar-refractivity contribution in [3.05, 3.63) is 96.6 Å². The number of aryl methyl sites for hydroxylation is 1. The molecule has 0 bridgehead atoms. The second-order valence-corrected chi connectivity index (χ2v) is 5.89. The van der Waals surface area contributed by atoms with E-state index in [1.165, 1.54) is 38.6 Å². The van der Waals surface area contributed by atoms with Gasteiger partial charge in [-0.15, -0.1) is 0 Å². The number of hydrogen-bond donors (Lipinski definition) is 0. The molecule has 0 aliphatic heterocycles. The molecule has 0 N–H and O–H groups in total. The first-order valence-electron chi connectivity index (χ1n) is 7.98. The topological polar surface area (TPSA) is 0 Å². The van der Waals surface area contributed by atoms with Crippen molar-refractivity contribution in [2.75, 3.05) is 0 Å². The van der Waals surface area contributed by atoms with Crippen LogP contribution < -0.4 is 0 Å². The van der Waals surface area contributed by atoms with Gasteiger partial charge in [0.1, 0.15) is 0 Å². The van der Waals surface area contributed by atoms with Crippen LogP contribution in [0.25, 0.3) is 33.0 Å². The Hall–Kier alpha value is -2.86.